The maximum Gasteiger partial charge on any atom is 0.232 e. The van der Waals surface area contributed by atoms with Crippen LogP contribution in [0.5, 0.6) is 0 Å². The van der Waals surface area contributed by atoms with Crippen LogP contribution in [-0.4, -0.2) is 16.9 Å². The molecule has 156 valence electrons. The molecule has 0 fully saturated rings. The fourth-order valence-electron chi connectivity index (χ4n) is 4.04. The lowest BCUT2D eigenvalue weighted by Crippen LogP contribution is -2.52. The highest BCUT2D eigenvalue weighted by molar-refractivity contribution is 7.10. The molecule has 6 nitrogen and oxygen atoms in total. The lowest BCUT2D eigenvalue weighted by Gasteiger charge is -2.36. The number of aromatic nitrogens is 1. The number of carbonyl (C=O) groups is 1. The highest BCUT2D eigenvalue weighted by atomic mass is 32.1. The van der Waals surface area contributed by atoms with Crippen LogP contribution in [0.1, 0.15) is 35.8 Å². The molecule has 1 aliphatic heterocycles. The van der Waals surface area contributed by atoms with Crippen LogP contribution in [0.15, 0.2) is 65.2 Å². The number of thiophene rings is 1. The number of hydrogen-bond acceptors (Lipinski definition) is 6. The number of rotatable bonds is 6. The van der Waals surface area contributed by atoms with Gasteiger partial charge in [-0.15, -0.1) is 11.3 Å². The van der Waals surface area contributed by atoms with Crippen LogP contribution in [0.3, 0.4) is 0 Å². The molecule has 31 heavy (non-hydrogen) atoms. The first kappa shape index (κ1) is 20.8. The molecule has 0 saturated carbocycles. The Hall–Kier alpha value is -3.50. The Kier molecular flexibility index (Phi) is 5.83. The van der Waals surface area contributed by atoms with Crippen LogP contribution < -0.4 is 11.1 Å². The summed E-state index contributed by atoms with van der Waals surface area (Å²) in [6.07, 6.45) is 5.99. The topological polar surface area (TPSA) is 104 Å². The van der Waals surface area contributed by atoms with E-state index in [4.69, 9.17) is 10.7 Å². The average Bonchev–Trinajstić information content (AvgIpc) is 3.28. The third-order valence-corrected chi connectivity index (χ3v) is 6.89. The molecule has 2 atom stereocenters. The lowest BCUT2D eigenvalue weighted by atomic mass is 9.79. The number of guanidine groups is 1. The summed E-state index contributed by atoms with van der Waals surface area (Å²) in [5.74, 6) is -0.260. The van der Waals surface area contributed by atoms with Gasteiger partial charge in [-0.25, -0.2) is 4.99 Å². The quantitative estimate of drug-likeness (QED) is 0.618. The Bertz CT molecular complexity index is 1160. The number of aryl methyl sites for hydroxylation is 1. The van der Waals surface area contributed by atoms with Gasteiger partial charge in [0.1, 0.15) is 5.54 Å². The van der Waals surface area contributed by atoms with E-state index >= 15 is 0 Å². The molecule has 1 amide bonds. The van der Waals surface area contributed by atoms with Crippen LogP contribution in [0, 0.1) is 17.2 Å². The largest absolute Gasteiger partial charge is 0.370 e. The first-order valence-corrected chi connectivity index (χ1v) is 11.0. The first-order chi connectivity index (χ1) is 15.0. The van der Waals surface area contributed by atoms with Crippen molar-refractivity contribution in [1.29, 1.82) is 5.26 Å². The normalized spacial score (nSPS) is 20.6. The fourth-order valence-corrected chi connectivity index (χ4v) is 5.12. The van der Waals surface area contributed by atoms with Crippen molar-refractivity contribution < 1.29 is 4.79 Å². The Morgan fingerprint density at radius 1 is 1.23 bits per heavy atom. The molecule has 0 aliphatic carbocycles. The van der Waals surface area contributed by atoms with E-state index in [1.54, 1.807) is 29.8 Å². The van der Waals surface area contributed by atoms with Crippen molar-refractivity contribution in [2.24, 2.45) is 16.6 Å². The van der Waals surface area contributed by atoms with E-state index in [9.17, 15) is 10.1 Å². The summed E-state index contributed by atoms with van der Waals surface area (Å²) in [4.78, 5) is 22.6. The van der Waals surface area contributed by atoms with Crippen molar-refractivity contribution in [3.8, 4) is 17.2 Å². The van der Waals surface area contributed by atoms with E-state index in [1.807, 2.05) is 42.6 Å². The molecular formula is C24H23N5OS. The molecular weight excluding hydrogens is 406 g/mol. The predicted molar refractivity (Wildman–Crippen MR) is 122 cm³/mol. The number of nitrogens with two attached hydrogens (primary N) is 1. The van der Waals surface area contributed by atoms with Crippen molar-refractivity contribution in [3.63, 3.8) is 0 Å². The van der Waals surface area contributed by atoms with Crippen molar-refractivity contribution in [2.75, 3.05) is 0 Å². The maximum absolute atomic E-state index is 12.9. The average molecular weight is 430 g/mol. The van der Waals surface area contributed by atoms with Crippen LogP contribution >= 0.6 is 11.3 Å². The maximum atomic E-state index is 12.9. The summed E-state index contributed by atoms with van der Waals surface area (Å²) in [6.45, 7) is 1.98. The van der Waals surface area contributed by atoms with Gasteiger partial charge < -0.3 is 5.73 Å². The summed E-state index contributed by atoms with van der Waals surface area (Å²) >= 11 is 1.57. The first-order valence-electron chi connectivity index (χ1n) is 10.1. The van der Waals surface area contributed by atoms with Gasteiger partial charge in [0, 0.05) is 17.3 Å². The summed E-state index contributed by atoms with van der Waals surface area (Å²) < 4.78 is 0. The molecule has 0 bridgehead atoms. The van der Waals surface area contributed by atoms with E-state index in [2.05, 4.69) is 22.4 Å². The molecule has 0 spiro atoms. The monoisotopic (exact) mass is 429 g/mol. The molecule has 7 heteroatoms. The van der Waals surface area contributed by atoms with Gasteiger partial charge in [-0.1, -0.05) is 12.1 Å². The summed E-state index contributed by atoms with van der Waals surface area (Å²) in [6, 6.07) is 15.7. The van der Waals surface area contributed by atoms with Crippen molar-refractivity contribution >= 4 is 23.2 Å². The zero-order chi connectivity index (χ0) is 21.8. The number of benzene rings is 1. The second-order valence-corrected chi connectivity index (χ2v) is 8.74. The molecule has 2 aromatic heterocycles. The molecule has 4 rings (SSSR count). The van der Waals surface area contributed by atoms with E-state index in [0.717, 1.165) is 28.8 Å². The zero-order valence-corrected chi connectivity index (χ0v) is 18.0. The van der Waals surface area contributed by atoms with E-state index in [1.165, 1.54) is 5.56 Å². The second-order valence-electron chi connectivity index (χ2n) is 7.83. The zero-order valence-electron chi connectivity index (χ0n) is 17.2. The molecule has 0 radical (unpaired) electrons. The number of hydrogen-bond donors (Lipinski definition) is 2. The number of nitrogens with zero attached hydrogens (tertiary/aromatic N) is 3. The van der Waals surface area contributed by atoms with E-state index in [0.29, 0.717) is 12.0 Å². The highest BCUT2D eigenvalue weighted by Crippen LogP contribution is 2.43. The standard InChI is InChI=1S/C24H23N5OS/c1-24(21-13-19(15-31-21)18-6-2-5-17(12-18)14-25)20(22(30)28-23(26)29-24)7-3-4-16-8-10-27-11-9-16/h2,5-6,8-13,15,20H,3-4,7H2,1H3,(H3,26,28,29,30)/t20?,24-/m0/s1. The summed E-state index contributed by atoms with van der Waals surface area (Å²) in [5, 5.41) is 13.9. The SMILES string of the molecule is C[C@]1(c2cc(-c3cccc(C#N)c3)cs2)N=C(N)NC(=O)C1CCCc1ccncc1. The molecule has 3 heterocycles. The van der Waals surface area contributed by atoms with Gasteiger partial charge in [0.25, 0.3) is 0 Å². The van der Waals surface area contributed by atoms with Crippen LogP contribution in [0.2, 0.25) is 0 Å². The van der Waals surface area contributed by atoms with E-state index in [-0.39, 0.29) is 17.8 Å². The predicted octanol–water partition coefficient (Wildman–Crippen LogP) is 3.98. The fraction of sp³-hybridized carbons (Fsp3) is 0.250. The number of nitriles is 1. The number of aliphatic imine (C=N–C) groups is 1. The van der Waals surface area contributed by atoms with Gasteiger partial charge in [0.2, 0.25) is 5.91 Å². The highest BCUT2D eigenvalue weighted by Gasteiger charge is 2.44. The van der Waals surface area contributed by atoms with Crippen LogP contribution in [0.4, 0.5) is 0 Å². The van der Waals surface area contributed by atoms with E-state index < -0.39 is 5.54 Å². The molecule has 3 aromatic rings. The third kappa shape index (κ3) is 4.35. The Labute approximate surface area is 185 Å². The van der Waals surface area contributed by atoms with Gasteiger partial charge in [0.15, 0.2) is 5.96 Å². The second kappa shape index (κ2) is 8.70. The van der Waals surface area contributed by atoms with Crippen LogP contribution in [-0.2, 0) is 16.8 Å². The summed E-state index contributed by atoms with van der Waals surface area (Å²) in [7, 11) is 0. The van der Waals surface area contributed by atoms with Gasteiger partial charge in [-0.3, -0.25) is 15.1 Å². The minimum Gasteiger partial charge on any atom is -0.370 e. The molecule has 1 aliphatic rings. The third-order valence-electron chi connectivity index (χ3n) is 5.73. The molecule has 1 unspecified atom stereocenters. The smallest absolute Gasteiger partial charge is 0.232 e. The van der Waals surface area contributed by atoms with Crippen molar-refractivity contribution in [3.05, 3.63) is 76.2 Å². The Balaban J connectivity index is 1.60. The number of carbonyl (C=O) groups excluding carboxylic acids is 1. The van der Waals surface area contributed by atoms with Gasteiger partial charge in [-0.05, 0) is 78.6 Å². The van der Waals surface area contributed by atoms with Gasteiger partial charge in [-0.2, -0.15) is 5.26 Å². The van der Waals surface area contributed by atoms with Crippen molar-refractivity contribution in [1.82, 2.24) is 10.3 Å². The molecule has 1 aromatic carbocycles. The minimum absolute atomic E-state index is 0.0915. The molecule has 0 saturated heterocycles. The van der Waals surface area contributed by atoms with Crippen LogP contribution in [0.25, 0.3) is 11.1 Å². The van der Waals surface area contributed by atoms with Gasteiger partial charge >= 0.3 is 0 Å². The Morgan fingerprint density at radius 3 is 2.81 bits per heavy atom. The van der Waals surface area contributed by atoms with Crippen molar-refractivity contribution in [2.45, 2.75) is 31.7 Å². The Morgan fingerprint density at radius 2 is 2.03 bits per heavy atom. The minimum atomic E-state index is -0.736. The number of amides is 1. The van der Waals surface area contributed by atoms with Gasteiger partial charge in [0.05, 0.1) is 17.6 Å². The number of pyridine rings is 1. The summed E-state index contributed by atoms with van der Waals surface area (Å²) in [5.41, 5.74) is 9.01. The lowest BCUT2D eigenvalue weighted by molar-refractivity contribution is -0.126. The number of nitrogens with one attached hydrogen (secondary N) is 1. The molecule has 3 N–H and O–H groups in total.